The summed E-state index contributed by atoms with van der Waals surface area (Å²) in [5.41, 5.74) is 1.05. The number of halogens is 2. The number of nitrogens with zero attached hydrogens (tertiary/aromatic N) is 1. The van der Waals surface area contributed by atoms with Crippen LogP contribution in [0.4, 0.5) is 0 Å². The van der Waals surface area contributed by atoms with Gasteiger partial charge in [0, 0.05) is 35.2 Å². The van der Waals surface area contributed by atoms with Gasteiger partial charge in [-0.3, -0.25) is 0 Å². The largest absolute Gasteiger partial charge is 0.310 e. The molecule has 1 aliphatic rings. The maximum absolute atomic E-state index is 11.8. The second-order valence-electron chi connectivity index (χ2n) is 5.19. The van der Waals surface area contributed by atoms with Gasteiger partial charge in [-0.25, -0.2) is 12.7 Å². The van der Waals surface area contributed by atoms with E-state index in [4.69, 9.17) is 11.6 Å². The Balaban J connectivity index is 1.86. The van der Waals surface area contributed by atoms with Gasteiger partial charge in [-0.15, -0.1) is 0 Å². The fraction of sp³-hybridized carbons (Fsp3) is 0.571. The van der Waals surface area contributed by atoms with Gasteiger partial charge in [-0.1, -0.05) is 27.5 Å². The van der Waals surface area contributed by atoms with Crippen LogP contribution in [0.3, 0.4) is 0 Å². The summed E-state index contributed by atoms with van der Waals surface area (Å²) in [5.74, 6) is 0.179. The average Bonchev–Trinajstić information content (AvgIpc) is 2.48. The van der Waals surface area contributed by atoms with E-state index in [0.717, 1.165) is 27.9 Å². The third kappa shape index (κ3) is 4.66. The SMILES string of the molecule is CCS(=O)(=O)N1CCC(NCc2cc(Br)ccc2Cl)CC1. The molecular formula is C14H20BrClN2O2S. The first kappa shape index (κ1) is 17.2. The molecule has 1 fully saturated rings. The van der Waals surface area contributed by atoms with Gasteiger partial charge in [-0.2, -0.15) is 0 Å². The van der Waals surface area contributed by atoms with Crippen LogP contribution >= 0.6 is 27.5 Å². The number of benzene rings is 1. The molecule has 4 nitrogen and oxygen atoms in total. The third-order valence-electron chi connectivity index (χ3n) is 3.80. The van der Waals surface area contributed by atoms with Crippen molar-refractivity contribution in [1.82, 2.24) is 9.62 Å². The monoisotopic (exact) mass is 394 g/mol. The van der Waals surface area contributed by atoms with Gasteiger partial charge < -0.3 is 5.32 Å². The molecule has 0 spiro atoms. The van der Waals surface area contributed by atoms with Crippen molar-refractivity contribution in [3.05, 3.63) is 33.3 Å². The number of hydrogen-bond acceptors (Lipinski definition) is 3. The van der Waals surface area contributed by atoms with Gasteiger partial charge >= 0.3 is 0 Å². The van der Waals surface area contributed by atoms with E-state index in [9.17, 15) is 8.42 Å². The van der Waals surface area contributed by atoms with E-state index >= 15 is 0 Å². The van der Waals surface area contributed by atoms with Crippen LogP contribution in [0.25, 0.3) is 0 Å². The molecule has 1 heterocycles. The Hall–Kier alpha value is -0.140. The summed E-state index contributed by atoms with van der Waals surface area (Å²) >= 11 is 9.61. The molecule has 118 valence electrons. The van der Waals surface area contributed by atoms with Crippen LogP contribution in [0.1, 0.15) is 25.3 Å². The highest BCUT2D eigenvalue weighted by Crippen LogP contribution is 2.22. The average molecular weight is 396 g/mol. The Labute approximate surface area is 140 Å². The number of hydrogen-bond donors (Lipinski definition) is 1. The minimum absolute atomic E-state index is 0.179. The van der Waals surface area contributed by atoms with Gasteiger partial charge in [0.2, 0.25) is 10.0 Å². The number of rotatable bonds is 5. The maximum atomic E-state index is 11.8. The van der Waals surface area contributed by atoms with Crippen molar-refractivity contribution in [2.75, 3.05) is 18.8 Å². The van der Waals surface area contributed by atoms with Crippen LogP contribution in [0.5, 0.6) is 0 Å². The van der Waals surface area contributed by atoms with E-state index in [1.165, 1.54) is 0 Å². The zero-order valence-electron chi connectivity index (χ0n) is 12.0. The molecular weight excluding hydrogens is 376 g/mol. The van der Waals surface area contributed by atoms with Crippen LogP contribution in [0.15, 0.2) is 22.7 Å². The molecule has 0 aliphatic carbocycles. The van der Waals surface area contributed by atoms with Crippen molar-refractivity contribution in [2.45, 2.75) is 32.4 Å². The molecule has 0 atom stereocenters. The molecule has 1 aliphatic heterocycles. The van der Waals surface area contributed by atoms with E-state index in [2.05, 4.69) is 21.2 Å². The van der Waals surface area contributed by atoms with Crippen LogP contribution in [-0.4, -0.2) is 37.6 Å². The molecule has 21 heavy (non-hydrogen) atoms. The van der Waals surface area contributed by atoms with E-state index in [1.54, 1.807) is 11.2 Å². The van der Waals surface area contributed by atoms with Crippen LogP contribution in [0, 0.1) is 0 Å². The maximum Gasteiger partial charge on any atom is 0.213 e. The van der Waals surface area contributed by atoms with E-state index in [0.29, 0.717) is 25.7 Å². The summed E-state index contributed by atoms with van der Waals surface area (Å²) in [7, 11) is -3.05. The first-order valence-electron chi connectivity index (χ1n) is 7.07. The van der Waals surface area contributed by atoms with Crippen LogP contribution in [0.2, 0.25) is 5.02 Å². The molecule has 1 saturated heterocycles. The van der Waals surface area contributed by atoms with Crippen molar-refractivity contribution >= 4 is 37.6 Å². The predicted molar refractivity (Wildman–Crippen MR) is 90.0 cm³/mol. The minimum atomic E-state index is -3.05. The van der Waals surface area contributed by atoms with Gasteiger partial charge in [0.1, 0.15) is 0 Å². The molecule has 0 aromatic heterocycles. The summed E-state index contributed by atoms with van der Waals surface area (Å²) in [4.78, 5) is 0. The van der Waals surface area contributed by atoms with E-state index in [-0.39, 0.29) is 5.75 Å². The summed E-state index contributed by atoms with van der Waals surface area (Å²) in [6.45, 7) is 3.58. The molecule has 0 unspecified atom stereocenters. The molecule has 0 saturated carbocycles. The minimum Gasteiger partial charge on any atom is -0.310 e. The first-order chi connectivity index (χ1) is 9.92. The Bertz CT molecular complexity index is 587. The smallest absolute Gasteiger partial charge is 0.213 e. The van der Waals surface area contributed by atoms with Gasteiger partial charge in [-0.05, 0) is 43.5 Å². The Kier molecular flexibility index (Phi) is 6.08. The zero-order valence-corrected chi connectivity index (χ0v) is 15.1. The Morgan fingerprint density at radius 3 is 2.67 bits per heavy atom. The molecule has 0 radical (unpaired) electrons. The quantitative estimate of drug-likeness (QED) is 0.834. The molecule has 0 amide bonds. The lowest BCUT2D eigenvalue weighted by Gasteiger charge is -2.31. The number of sulfonamides is 1. The lowest BCUT2D eigenvalue weighted by atomic mass is 10.1. The van der Waals surface area contributed by atoms with Gasteiger partial charge in [0.25, 0.3) is 0 Å². The second-order valence-corrected chi connectivity index (χ2v) is 8.77. The standard InChI is InChI=1S/C14H20BrClN2O2S/c1-2-21(19,20)18-7-5-13(6-8-18)17-10-11-9-12(15)3-4-14(11)16/h3-4,9,13,17H,2,5-8,10H2,1H3. The molecule has 1 aromatic rings. The summed E-state index contributed by atoms with van der Waals surface area (Å²) in [6.07, 6.45) is 1.68. The number of piperidine rings is 1. The lowest BCUT2D eigenvalue weighted by molar-refractivity contribution is 0.289. The van der Waals surface area contributed by atoms with Crippen molar-refractivity contribution in [2.24, 2.45) is 0 Å². The molecule has 7 heteroatoms. The third-order valence-corrected chi connectivity index (χ3v) is 6.54. The highest BCUT2D eigenvalue weighted by molar-refractivity contribution is 9.10. The Morgan fingerprint density at radius 1 is 1.38 bits per heavy atom. The number of nitrogens with one attached hydrogen (secondary N) is 1. The highest BCUT2D eigenvalue weighted by atomic mass is 79.9. The van der Waals surface area contributed by atoms with E-state index < -0.39 is 10.0 Å². The van der Waals surface area contributed by atoms with Crippen molar-refractivity contribution in [1.29, 1.82) is 0 Å². The lowest BCUT2D eigenvalue weighted by Crippen LogP contribution is -2.45. The second kappa shape index (κ2) is 7.42. The van der Waals surface area contributed by atoms with E-state index in [1.807, 2.05) is 18.2 Å². The molecule has 2 rings (SSSR count). The van der Waals surface area contributed by atoms with Crippen LogP contribution < -0.4 is 5.32 Å². The predicted octanol–water partition coefficient (Wildman–Crippen LogP) is 3.01. The normalized spacial score (nSPS) is 18.0. The van der Waals surface area contributed by atoms with Crippen molar-refractivity contribution in [3.63, 3.8) is 0 Å². The zero-order chi connectivity index (χ0) is 15.5. The molecule has 1 aromatic carbocycles. The molecule has 0 bridgehead atoms. The highest BCUT2D eigenvalue weighted by Gasteiger charge is 2.26. The fourth-order valence-corrected chi connectivity index (χ4v) is 4.18. The topological polar surface area (TPSA) is 49.4 Å². The van der Waals surface area contributed by atoms with Crippen LogP contribution in [-0.2, 0) is 16.6 Å². The summed E-state index contributed by atoms with van der Waals surface area (Å²) in [5, 5.41) is 4.22. The fourth-order valence-electron chi connectivity index (χ4n) is 2.45. The van der Waals surface area contributed by atoms with Gasteiger partial charge in [0.15, 0.2) is 0 Å². The first-order valence-corrected chi connectivity index (χ1v) is 9.85. The van der Waals surface area contributed by atoms with Gasteiger partial charge in [0.05, 0.1) is 5.75 Å². The van der Waals surface area contributed by atoms with Crippen molar-refractivity contribution in [3.8, 4) is 0 Å². The molecule has 1 N–H and O–H groups in total. The summed E-state index contributed by atoms with van der Waals surface area (Å²) in [6, 6.07) is 6.13. The summed E-state index contributed by atoms with van der Waals surface area (Å²) < 4.78 is 26.2. The Morgan fingerprint density at radius 2 is 2.05 bits per heavy atom. The van der Waals surface area contributed by atoms with Crippen molar-refractivity contribution < 1.29 is 8.42 Å².